The monoisotopic (exact) mass is 331 g/mol. The van der Waals surface area contributed by atoms with Gasteiger partial charge in [0, 0.05) is 10.9 Å². The van der Waals surface area contributed by atoms with E-state index in [9.17, 15) is 4.79 Å². The zero-order valence-corrected chi connectivity index (χ0v) is 14.6. The molecule has 0 aromatic carbocycles. The highest BCUT2D eigenvalue weighted by Crippen LogP contribution is 2.35. The molecule has 0 aliphatic heterocycles. The SMILES string of the molecule is CC1CCc2c(sc3nc(CNC4CCCCC4)[nH]c(=O)c23)C1. The third-order valence-corrected chi connectivity index (χ3v) is 6.53. The summed E-state index contributed by atoms with van der Waals surface area (Å²) in [6, 6.07) is 0.585. The molecule has 0 bridgehead atoms. The number of aromatic nitrogens is 2. The molecule has 2 aromatic rings. The standard InChI is InChI=1S/C18H25N3OS/c1-11-7-8-13-14(9-11)23-18-16(13)17(22)20-15(21-18)10-19-12-5-3-2-4-6-12/h11-12,19H,2-10H2,1H3,(H,20,21,22). The zero-order valence-electron chi connectivity index (χ0n) is 13.8. The summed E-state index contributed by atoms with van der Waals surface area (Å²) in [5.74, 6) is 1.52. The van der Waals surface area contributed by atoms with Crippen molar-refractivity contribution in [1.29, 1.82) is 0 Å². The highest BCUT2D eigenvalue weighted by Gasteiger charge is 2.23. The molecule has 0 radical (unpaired) electrons. The first kappa shape index (κ1) is 15.3. The summed E-state index contributed by atoms with van der Waals surface area (Å²) in [4.78, 5) is 22.6. The predicted molar refractivity (Wildman–Crippen MR) is 95.1 cm³/mol. The third kappa shape index (κ3) is 3.09. The van der Waals surface area contributed by atoms with Crippen LogP contribution in [0.25, 0.3) is 10.2 Å². The second kappa shape index (κ2) is 6.36. The smallest absolute Gasteiger partial charge is 0.259 e. The topological polar surface area (TPSA) is 57.8 Å². The Morgan fingerprint density at radius 1 is 1.26 bits per heavy atom. The first-order valence-corrected chi connectivity index (χ1v) is 9.79. The molecule has 124 valence electrons. The fourth-order valence-electron chi connectivity index (χ4n) is 4.02. The number of thiophene rings is 1. The summed E-state index contributed by atoms with van der Waals surface area (Å²) in [7, 11) is 0. The van der Waals surface area contributed by atoms with E-state index in [1.807, 2.05) is 0 Å². The van der Waals surface area contributed by atoms with Crippen LogP contribution in [0.2, 0.25) is 0 Å². The molecule has 0 amide bonds. The fraction of sp³-hybridized carbons (Fsp3) is 0.667. The van der Waals surface area contributed by atoms with Gasteiger partial charge in [-0.1, -0.05) is 26.2 Å². The van der Waals surface area contributed by atoms with Gasteiger partial charge in [-0.2, -0.15) is 0 Å². The van der Waals surface area contributed by atoms with Crippen molar-refractivity contribution in [3.8, 4) is 0 Å². The fourth-order valence-corrected chi connectivity index (χ4v) is 5.43. The molecule has 5 heteroatoms. The second-order valence-corrected chi connectivity index (χ2v) is 8.34. The largest absolute Gasteiger partial charge is 0.309 e. The van der Waals surface area contributed by atoms with E-state index in [0.717, 1.165) is 34.8 Å². The van der Waals surface area contributed by atoms with Crippen molar-refractivity contribution in [2.75, 3.05) is 0 Å². The van der Waals surface area contributed by atoms with E-state index in [4.69, 9.17) is 4.98 Å². The second-order valence-electron chi connectivity index (χ2n) is 7.26. The molecule has 2 aliphatic rings. The lowest BCUT2D eigenvalue weighted by Crippen LogP contribution is -2.31. The van der Waals surface area contributed by atoms with Gasteiger partial charge in [0.15, 0.2) is 0 Å². The molecular formula is C18H25N3OS. The van der Waals surface area contributed by atoms with Gasteiger partial charge in [-0.05, 0) is 43.6 Å². The minimum Gasteiger partial charge on any atom is -0.309 e. The Morgan fingerprint density at radius 2 is 2.09 bits per heavy atom. The van der Waals surface area contributed by atoms with Gasteiger partial charge in [0.25, 0.3) is 5.56 Å². The molecule has 2 aromatic heterocycles. The van der Waals surface area contributed by atoms with E-state index in [2.05, 4.69) is 17.2 Å². The Hall–Kier alpha value is -1.20. The molecule has 1 atom stereocenters. The van der Waals surface area contributed by atoms with Gasteiger partial charge in [0.1, 0.15) is 10.7 Å². The van der Waals surface area contributed by atoms with Crippen molar-refractivity contribution in [3.63, 3.8) is 0 Å². The van der Waals surface area contributed by atoms with Gasteiger partial charge in [-0.25, -0.2) is 4.98 Å². The molecule has 1 unspecified atom stereocenters. The lowest BCUT2D eigenvalue weighted by atomic mass is 9.89. The molecule has 0 saturated heterocycles. The molecule has 1 fully saturated rings. The Bertz CT molecular complexity index is 757. The van der Waals surface area contributed by atoms with E-state index in [1.54, 1.807) is 11.3 Å². The number of nitrogens with one attached hydrogen (secondary N) is 2. The maximum absolute atomic E-state index is 12.5. The molecule has 0 spiro atoms. The Kier molecular flexibility index (Phi) is 4.24. The minimum absolute atomic E-state index is 0.0579. The van der Waals surface area contributed by atoms with E-state index < -0.39 is 0 Å². The molecule has 4 rings (SSSR count). The van der Waals surface area contributed by atoms with E-state index >= 15 is 0 Å². The average Bonchev–Trinajstić information content (AvgIpc) is 2.91. The summed E-state index contributed by atoms with van der Waals surface area (Å²) >= 11 is 1.73. The Morgan fingerprint density at radius 3 is 2.91 bits per heavy atom. The predicted octanol–water partition coefficient (Wildman–Crippen LogP) is 3.53. The van der Waals surface area contributed by atoms with Crippen molar-refractivity contribution >= 4 is 21.6 Å². The molecule has 2 N–H and O–H groups in total. The van der Waals surface area contributed by atoms with Crippen LogP contribution in [-0.2, 0) is 19.4 Å². The highest BCUT2D eigenvalue weighted by atomic mass is 32.1. The number of H-pyrrole nitrogens is 1. The number of aryl methyl sites for hydroxylation is 1. The van der Waals surface area contributed by atoms with Crippen molar-refractivity contribution in [1.82, 2.24) is 15.3 Å². The number of fused-ring (bicyclic) bond motifs is 3. The van der Waals surface area contributed by atoms with Crippen molar-refractivity contribution < 1.29 is 0 Å². The van der Waals surface area contributed by atoms with Crippen LogP contribution in [0.5, 0.6) is 0 Å². The van der Waals surface area contributed by atoms with Crippen LogP contribution in [0.1, 0.15) is 61.7 Å². The molecule has 2 aliphatic carbocycles. The summed E-state index contributed by atoms with van der Waals surface area (Å²) in [6.45, 7) is 2.97. The van der Waals surface area contributed by atoms with Gasteiger partial charge in [-0.3, -0.25) is 4.79 Å². The van der Waals surface area contributed by atoms with Crippen LogP contribution in [0.15, 0.2) is 4.79 Å². The first-order chi connectivity index (χ1) is 11.2. The van der Waals surface area contributed by atoms with E-state index in [1.165, 1.54) is 49.0 Å². The molecule has 2 heterocycles. The molecular weight excluding hydrogens is 306 g/mol. The number of hydrogen-bond acceptors (Lipinski definition) is 4. The van der Waals surface area contributed by atoms with E-state index in [-0.39, 0.29) is 5.56 Å². The quantitative estimate of drug-likeness (QED) is 0.904. The zero-order chi connectivity index (χ0) is 15.8. The van der Waals surface area contributed by atoms with Crippen LogP contribution < -0.4 is 10.9 Å². The van der Waals surface area contributed by atoms with Gasteiger partial charge >= 0.3 is 0 Å². The van der Waals surface area contributed by atoms with Gasteiger partial charge in [0.2, 0.25) is 0 Å². The lowest BCUT2D eigenvalue weighted by Gasteiger charge is -2.22. The average molecular weight is 331 g/mol. The number of hydrogen-bond donors (Lipinski definition) is 2. The van der Waals surface area contributed by atoms with Crippen LogP contribution in [-0.4, -0.2) is 16.0 Å². The van der Waals surface area contributed by atoms with Gasteiger partial charge in [-0.15, -0.1) is 11.3 Å². The maximum Gasteiger partial charge on any atom is 0.259 e. The highest BCUT2D eigenvalue weighted by molar-refractivity contribution is 7.18. The lowest BCUT2D eigenvalue weighted by molar-refractivity contribution is 0.369. The van der Waals surface area contributed by atoms with Crippen LogP contribution in [0, 0.1) is 5.92 Å². The van der Waals surface area contributed by atoms with Crippen molar-refractivity contribution in [3.05, 3.63) is 26.6 Å². The third-order valence-electron chi connectivity index (χ3n) is 5.38. The van der Waals surface area contributed by atoms with Crippen LogP contribution >= 0.6 is 11.3 Å². The molecule has 23 heavy (non-hydrogen) atoms. The van der Waals surface area contributed by atoms with Crippen molar-refractivity contribution in [2.24, 2.45) is 5.92 Å². The van der Waals surface area contributed by atoms with Crippen molar-refractivity contribution in [2.45, 2.75) is 70.9 Å². The Labute approximate surface area is 140 Å². The number of rotatable bonds is 3. The summed E-state index contributed by atoms with van der Waals surface area (Å²) < 4.78 is 0. The first-order valence-electron chi connectivity index (χ1n) is 8.97. The number of aromatic amines is 1. The maximum atomic E-state index is 12.5. The minimum atomic E-state index is 0.0579. The normalized spacial score (nSPS) is 22.4. The van der Waals surface area contributed by atoms with Crippen LogP contribution in [0.4, 0.5) is 0 Å². The van der Waals surface area contributed by atoms with Gasteiger partial charge in [0.05, 0.1) is 11.9 Å². The summed E-state index contributed by atoms with van der Waals surface area (Å²) in [5, 5.41) is 4.43. The number of nitrogens with zero attached hydrogens (tertiary/aromatic N) is 1. The molecule has 4 nitrogen and oxygen atoms in total. The van der Waals surface area contributed by atoms with E-state index in [0.29, 0.717) is 12.6 Å². The summed E-state index contributed by atoms with van der Waals surface area (Å²) in [6.07, 6.45) is 9.80. The van der Waals surface area contributed by atoms with Gasteiger partial charge < -0.3 is 10.3 Å². The summed E-state index contributed by atoms with van der Waals surface area (Å²) in [5.41, 5.74) is 1.33. The Balaban J connectivity index is 1.58. The van der Waals surface area contributed by atoms with Crippen LogP contribution in [0.3, 0.4) is 0 Å². The molecule has 1 saturated carbocycles.